The Hall–Kier alpha value is -1.45. The second kappa shape index (κ2) is 2.77. The van der Waals surface area contributed by atoms with Gasteiger partial charge in [-0.3, -0.25) is 0 Å². The second-order valence-corrected chi connectivity index (χ2v) is 2.98. The van der Waals surface area contributed by atoms with Crippen LogP contribution < -0.4 is 0 Å². The number of hydrogen-bond acceptors (Lipinski definition) is 1. The molecule has 0 aliphatic carbocycles. The van der Waals surface area contributed by atoms with Crippen LogP contribution in [0.2, 0.25) is 0 Å². The topological polar surface area (TPSA) is 13.1 Å². The lowest BCUT2D eigenvalue weighted by molar-refractivity contribution is -0.136. The molecule has 0 fully saturated rings. The highest BCUT2D eigenvalue weighted by molar-refractivity contribution is 5.82. The Morgan fingerprint density at radius 1 is 1.21 bits per heavy atom. The highest BCUT2D eigenvalue weighted by Crippen LogP contribution is 2.36. The molecule has 0 amide bonds. The molecule has 1 nitrogen and oxygen atoms in total. The first kappa shape index (κ1) is 9.12. The normalized spacial score (nSPS) is 12.3. The van der Waals surface area contributed by atoms with Crippen LogP contribution in [-0.4, -0.2) is 0 Å². The van der Waals surface area contributed by atoms with Crippen molar-refractivity contribution in [2.45, 2.75) is 6.18 Å². The maximum absolute atomic E-state index is 12.4. The summed E-state index contributed by atoms with van der Waals surface area (Å²) in [6, 6.07) is 4.44. The van der Waals surface area contributed by atoms with Crippen molar-refractivity contribution in [3.05, 3.63) is 42.5 Å². The first-order valence-corrected chi connectivity index (χ1v) is 3.89. The summed E-state index contributed by atoms with van der Waals surface area (Å²) in [5.41, 5.74) is 0.00660. The lowest BCUT2D eigenvalue weighted by atomic mass is 10.1. The number of furan rings is 1. The van der Waals surface area contributed by atoms with E-state index < -0.39 is 11.7 Å². The molecule has 0 aliphatic heterocycles. The van der Waals surface area contributed by atoms with Crippen molar-refractivity contribution in [2.75, 3.05) is 0 Å². The second-order valence-electron chi connectivity index (χ2n) is 2.98. The molecule has 2 rings (SSSR count). The van der Waals surface area contributed by atoms with Gasteiger partial charge < -0.3 is 4.42 Å². The van der Waals surface area contributed by atoms with E-state index in [1.54, 1.807) is 6.07 Å². The first-order chi connectivity index (χ1) is 6.48. The zero-order valence-corrected chi connectivity index (χ0v) is 7.06. The van der Waals surface area contributed by atoms with E-state index in [-0.39, 0.29) is 11.0 Å². The van der Waals surface area contributed by atoms with Crippen LogP contribution in [0.1, 0.15) is 11.1 Å². The third kappa shape index (κ3) is 1.36. The Kier molecular flexibility index (Phi) is 1.80. The van der Waals surface area contributed by atoms with Crippen molar-refractivity contribution in [3.8, 4) is 0 Å². The van der Waals surface area contributed by atoms with Gasteiger partial charge in [-0.15, -0.1) is 0 Å². The molecule has 2 aromatic rings. The average Bonchev–Trinajstić information content (AvgIpc) is 2.45. The smallest absolute Gasteiger partial charge is 0.420 e. The van der Waals surface area contributed by atoms with E-state index in [1.807, 2.05) is 0 Å². The Bertz CT molecular complexity index is 468. The minimum Gasteiger partial charge on any atom is -0.464 e. The molecule has 0 saturated heterocycles. The van der Waals surface area contributed by atoms with Crippen molar-refractivity contribution >= 4 is 11.0 Å². The predicted molar refractivity (Wildman–Crippen MR) is 45.7 cm³/mol. The third-order valence-electron chi connectivity index (χ3n) is 1.94. The molecule has 4 heteroatoms. The molecule has 1 aromatic carbocycles. The van der Waals surface area contributed by atoms with Crippen molar-refractivity contribution < 1.29 is 17.6 Å². The van der Waals surface area contributed by atoms with Gasteiger partial charge in [-0.1, -0.05) is 6.07 Å². The van der Waals surface area contributed by atoms with Crippen LogP contribution in [0.15, 0.2) is 28.9 Å². The van der Waals surface area contributed by atoms with E-state index in [0.29, 0.717) is 5.56 Å². The number of halogens is 3. The van der Waals surface area contributed by atoms with Gasteiger partial charge in [0.2, 0.25) is 0 Å². The van der Waals surface area contributed by atoms with Crippen molar-refractivity contribution in [1.82, 2.24) is 0 Å². The highest BCUT2D eigenvalue weighted by Gasteiger charge is 2.34. The van der Waals surface area contributed by atoms with Crippen molar-refractivity contribution in [1.29, 1.82) is 0 Å². The van der Waals surface area contributed by atoms with Gasteiger partial charge in [0.25, 0.3) is 0 Å². The summed E-state index contributed by atoms with van der Waals surface area (Å²) in [6.45, 7) is 3.56. The van der Waals surface area contributed by atoms with Gasteiger partial charge in [0, 0.05) is 5.39 Å². The maximum atomic E-state index is 12.4. The average molecular weight is 199 g/mol. The molecule has 73 valence electrons. The summed E-state index contributed by atoms with van der Waals surface area (Å²) in [5, 5.41) is 0.0602. The van der Waals surface area contributed by atoms with Crippen molar-refractivity contribution in [2.24, 2.45) is 0 Å². The fourth-order valence-electron chi connectivity index (χ4n) is 1.30. The quantitative estimate of drug-likeness (QED) is 0.631. The fraction of sp³-hybridized carbons (Fsp3) is 0.100. The van der Waals surface area contributed by atoms with Gasteiger partial charge in [-0.05, 0) is 24.6 Å². The van der Waals surface area contributed by atoms with Crippen molar-refractivity contribution in [3.63, 3.8) is 0 Å². The molecule has 0 spiro atoms. The van der Waals surface area contributed by atoms with Gasteiger partial charge in [-0.2, -0.15) is 13.2 Å². The van der Waals surface area contributed by atoms with Crippen LogP contribution in [0.3, 0.4) is 0 Å². The molecule has 1 heterocycles. The van der Waals surface area contributed by atoms with E-state index in [9.17, 15) is 13.2 Å². The largest absolute Gasteiger partial charge is 0.464 e. The van der Waals surface area contributed by atoms with Gasteiger partial charge >= 0.3 is 6.18 Å². The Morgan fingerprint density at radius 3 is 2.57 bits per heavy atom. The van der Waals surface area contributed by atoms with Crippen LogP contribution in [0.5, 0.6) is 0 Å². The number of benzene rings is 1. The minimum absolute atomic E-state index is 0.0602. The van der Waals surface area contributed by atoms with Crippen LogP contribution in [0, 0.1) is 6.92 Å². The summed E-state index contributed by atoms with van der Waals surface area (Å²) in [4.78, 5) is 0. The summed E-state index contributed by atoms with van der Waals surface area (Å²) < 4.78 is 42.0. The lowest BCUT2D eigenvalue weighted by Crippen LogP contribution is -2.03. The molecule has 0 bridgehead atoms. The summed E-state index contributed by atoms with van der Waals surface area (Å²) in [6.07, 6.45) is -3.65. The Balaban J connectivity index is 2.73. The van der Waals surface area contributed by atoms with Gasteiger partial charge in [0.1, 0.15) is 17.4 Å². The highest BCUT2D eigenvalue weighted by atomic mass is 19.4. The molecule has 0 saturated carbocycles. The summed E-state index contributed by atoms with van der Waals surface area (Å²) in [7, 11) is 0. The predicted octanol–water partition coefficient (Wildman–Crippen LogP) is 3.63. The number of fused-ring (bicyclic) bond motifs is 1. The molecule has 14 heavy (non-hydrogen) atoms. The Morgan fingerprint density at radius 2 is 1.93 bits per heavy atom. The molecule has 1 radical (unpaired) electrons. The van der Waals surface area contributed by atoms with E-state index >= 15 is 0 Å². The van der Waals surface area contributed by atoms with Crippen LogP contribution in [0.4, 0.5) is 13.2 Å². The first-order valence-electron chi connectivity index (χ1n) is 3.89. The number of rotatable bonds is 0. The minimum atomic E-state index is -4.38. The number of alkyl halides is 3. The third-order valence-corrected chi connectivity index (χ3v) is 1.94. The summed E-state index contributed by atoms with van der Waals surface area (Å²) >= 11 is 0. The molecular weight excluding hydrogens is 193 g/mol. The van der Waals surface area contributed by atoms with E-state index in [0.717, 1.165) is 6.26 Å². The molecule has 0 atom stereocenters. The van der Waals surface area contributed by atoms with E-state index in [4.69, 9.17) is 4.42 Å². The monoisotopic (exact) mass is 199 g/mol. The molecule has 1 aromatic heterocycles. The van der Waals surface area contributed by atoms with Gasteiger partial charge in [0.15, 0.2) is 0 Å². The van der Waals surface area contributed by atoms with Crippen LogP contribution >= 0.6 is 0 Å². The number of hydrogen-bond donors (Lipinski definition) is 0. The van der Waals surface area contributed by atoms with E-state index in [2.05, 4.69) is 6.92 Å². The van der Waals surface area contributed by atoms with Crippen LogP contribution in [-0.2, 0) is 6.18 Å². The SMILES string of the molecule is [CH2]c1ccc2occ(C(F)(F)F)c2c1. The van der Waals surface area contributed by atoms with E-state index in [1.165, 1.54) is 12.1 Å². The zero-order valence-electron chi connectivity index (χ0n) is 7.06. The molecule has 0 unspecified atom stereocenters. The van der Waals surface area contributed by atoms with Crippen LogP contribution in [0.25, 0.3) is 11.0 Å². The zero-order chi connectivity index (χ0) is 10.3. The standard InChI is InChI=1S/C10H6F3O/c1-6-2-3-9-7(4-6)8(5-14-9)10(11,12)13/h2-5H,1H2. The fourth-order valence-corrected chi connectivity index (χ4v) is 1.30. The van der Waals surface area contributed by atoms with Gasteiger partial charge in [-0.25, -0.2) is 0 Å². The van der Waals surface area contributed by atoms with Gasteiger partial charge in [0.05, 0.1) is 0 Å². The molecule has 0 aliphatic rings. The molecule has 0 N–H and O–H groups in total. The Labute approximate surface area is 78.1 Å². The lowest BCUT2D eigenvalue weighted by Gasteiger charge is -2.02. The molecular formula is C10H6F3O. The maximum Gasteiger partial charge on any atom is 0.420 e. The summed E-state index contributed by atoms with van der Waals surface area (Å²) in [5.74, 6) is 0.